The van der Waals surface area contributed by atoms with E-state index in [2.05, 4.69) is 5.32 Å². The Kier molecular flexibility index (Phi) is 4.90. The first-order valence-corrected chi connectivity index (χ1v) is 9.35. The molecule has 2 N–H and O–H groups in total. The van der Waals surface area contributed by atoms with E-state index in [9.17, 15) is 22.4 Å². The third-order valence-corrected chi connectivity index (χ3v) is 5.28. The lowest BCUT2D eigenvalue weighted by atomic mass is 10.1. The van der Waals surface area contributed by atoms with E-state index >= 15 is 0 Å². The minimum atomic E-state index is -4.52. The van der Waals surface area contributed by atoms with Crippen LogP contribution in [0.3, 0.4) is 0 Å². The summed E-state index contributed by atoms with van der Waals surface area (Å²) in [5.41, 5.74) is -0.610. The highest BCUT2D eigenvalue weighted by atomic mass is 35.5. The van der Waals surface area contributed by atoms with Crippen molar-refractivity contribution < 1.29 is 22.0 Å². The Hall–Kier alpha value is -2.91. The van der Waals surface area contributed by atoms with Gasteiger partial charge in [-0.2, -0.15) is 0 Å². The number of aryl methyl sites for hydroxylation is 1. The number of hydrogen-bond donors (Lipinski definition) is 2. The molecular formula is C17H12ClFN2O5S. The Morgan fingerprint density at radius 3 is 2.48 bits per heavy atom. The fourth-order valence-corrected chi connectivity index (χ4v) is 3.41. The van der Waals surface area contributed by atoms with Crippen LogP contribution in [0.4, 0.5) is 14.9 Å². The van der Waals surface area contributed by atoms with Crippen molar-refractivity contribution in [3.8, 4) is 0 Å². The van der Waals surface area contributed by atoms with Crippen LogP contribution in [0.25, 0.3) is 11.0 Å². The predicted molar refractivity (Wildman–Crippen MR) is 98.0 cm³/mol. The van der Waals surface area contributed by atoms with E-state index in [1.54, 1.807) is 4.72 Å². The number of benzene rings is 2. The van der Waals surface area contributed by atoms with Crippen molar-refractivity contribution in [2.24, 2.45) is 0 Å². The molecule has 0 aliphatic carbocycles. The average Bonchev–Trinajstić information content (AvgIpc) is 2.60. The molecule has 0 unspecified atom stereocenters. The maximum atomic E-state index is 13.6. The molecule has 27 heavy (non-hydrogen) atoms. The van der Waals surface area contributed by atoms with E-state index in [0.29, 0.717) is 17.0 Å². The summed E-state index contributed by atoms with van der Waals surface area (Å²) in [4.78, 5) is 23.6. The van der Waals surface area contributed by atoms with Crippen LogP contribution in [-0.2, 0) is 10.0 Å². The standard InChI is InChI=1S/C17H12ClFN2O5S/c1-9-13(19)7-6-12-15(22)14(8-26-16(9)12)27(24,25)21-17(23)20-11-4-2-10(18)3-5-11/h2-8H,1H3,(H2,20,21,23). The molecule has 140 valence electrons. The van der Waals surface area contributed by atoms with Gasteiger partial charge in [-0.25, -0.2) is 22.3 Å². The monoisotopic (exact) mass is 410 g/mol. The van der Waals surface area contributed by atoms with Crippen molar-refractivity contribution >= 4 is 44.3 Å². The van der Waals surface area contributed by atoms with Gasteiger partial charge in [0.2, 0.25) is 5.43 Å². The molecule has 2 amide bonds. The highest BCUT2D eigenvalue weighted by Gasteiger charge is 2.24. The van der Waals surface area contributed by atoms with Gasteiger partial charge in [-0.05, 0) is 43.3 Å². The van der Waals surface area contributed by atoms with Crippen molar-refractivity contribution in [3.63, 3.8) is 0 Å². The Balaban J connectivity index is 1.91. The molecule has 7 nitrogen and oxygen atoms in total. The highest BCUT2D eigenvalue weighted by Crippen LogP contribution is 2.20. The second-order valence-corrected chi connectivity index (χ2v) is 7.63. The number of carbonyl (C=O) groups excluding carboxylic acids is 1. The second-order valence-electron chi connectivity index (χ2n) is 5.54. The van der Waals surface area contributed by atoms with E-state index in [0.717, 1.165) is 12.1 Å². The first kappa shape index (κ1) is 18.9. The Labute approximate surface area is 157 Å². The van der Waals surface area contributed by atoms with E-state index in [4.69, 9.17) is 16.0 Å². The molecule has 0 radical (unpaired) electrons. The predicted octanol–water partition coefficient (Wildman–Crippen LogP) is 3.40. The zero-order valence-corrected chi connectivity index (χ0v) is 15.3. The SMILES string of the molecule is Cc1c(F)ccc2c(=O)c(S(=O)(=O)NC(=O)Nc3ccc(Cl)cc3)coc12. The van der Waals surface area contributed by atoms with Crippen molar-refractivity contribution in [1.82, 2.24) is 4.72 Å². The molecule has 0 atom stereocenters. The summed E-state index contributed by atoms with van der Waals surface area (Å²) in [5.74, 6) is -0.596. The van der Waals surface area contributed by atoms with Gasteiger partial charge in [0.05, 0.1) is 5.39 Å². The smallest absolute Gasteiger partial charge is 0.333 e. The fourth-order valence-electron chi connectivity index (χ4n) is 2.35. The number of fused-ring (bicyclic) bond motifs is 1. The van der Waals surface area contributed by atoms with E-state index in [-0.39, 0.29) is 16.5 Å². The van der Waals surface area contributed by atoms with Gasteiger partial charge in [-0.15, -0.1) is 0 Å². The third kappa shape index (κ3) is 3.79. The Bertz CT molecular complexity index is 1210. The molecule has 0 bridgehead atoms. The molecule has 3 aromatic rings. The van der Waals surface area contributed by atoms with Crippen molar-refractivity contribution in [2.45, 2.75) is 11.8 Å². The van der Waals surface area contributed by atoms with Gasteiger partial charge < -0.3 is 9.73 Å². The average molecular weight is 411 g/mol. The van der Waals surface area contributed by atoms with E-state index < -0.39 is 32.2 Å². The molecule has 0 aliphatic heterocycles. The molecule has 10 heteroatoms. The summed E-state index contributed by atoms with van der Waals surface area (Å²) in [5, 5.41) is 2.62. The molecule has 0 saturated carbocycles. The zero-order chi connectivity index (χ0) is 19.8. The Morgan fingerprint density at radius 1 is 1.15 bits per heavy atom. The molecule has 0 spiro atoms. The van der Waals surface area contributed by atoms with E-state index in [1.807, 2.05) is 0 Å². The summed E-state index contributed by atoms with van der Waals surface area (Å²) < 4.78 is 45.2. The van der Waals surface area contributed by atoms with Gasteiger partial charge >= 0.3 is 6.03 Å². The number of rotatable bonds is 3. The number of halogens is 2. The number of nitrogens with one attached hydrogen (secondary N) is 2. The number of hydrogen-bond acceptors (Lipinski definition) is 5. The largest absolute Gasteiger partial charge is 0.462 e. The zero-order valence-electron chi connectivity index (χ0n) is 13.7. The summed E-state index contributed by atoms with van der Waals surface area (Å²) in [6.45, 7) is 1.40. The summed E-state index contributed by atoms with van der Waals surface area (Å²) in [7, 11) is -4.52. The summed E-state index contributed by atoms with van der Waals surface area (Å²) >= 11 is 5.73. The van der Waals surface area contributed by atoms with Crippen LogP contribution in [0.15, 0.2) is 56.8 Å². The van der Waals surface area contributed by atoms with Gasteiger partial charge in [0.25, 0.3) is 10.0 Å². The number of urea groups is 1. The molecule has 1 heterocycles. The van der Waals surface area contributed by atoms with Crippen molar-refractivity contribution in [3.05, 3.63) is 69.3 Å². The highest BCUT2D eigenvalue weighted by molar-refractivity contribution is 7.90. The van der Waals surface area contributed by atoms with Crippen LogP contribution in [0, 0.1) is 12.7 Å². The van der Waals surface area contributed by atoms with Gasteiger partial charge in [-0.3, -0.25) is 4.79 Å². The van der Waals surface area contributed by atoms with Crippen LogP contribution >= 0.6 is 11.6 Å². The van der Waals surface area contributed by atoms with Gasteiger partial charge in [0.15, 0.2) is 4.90 Å². The van der Waals surface area contributed by atoms with Crippen molar-refractivity contribution in [2.75, 3.05) is 5.32 Å². The minimum Gasteiger partial charge on any atom is -0.462 e. The molecule has 0 fully saturated rings. The van der Waals surface area contributed by atoms with Crippen LogP contribution < -0.4 is 15.5 Å². The fraction of sp³-hybridized carbons (Fsp3) is 0.0588. The summed E-state index contributed by atoms with van der Waals surface area (Å²) in [6.07, 6.45) is 0.676. The molecule has 2 aromatic carbocycles. The van der Waals surface area contributed by atoms with Crippen molar-refractivity contribution in [1.29, 1.82) is 0 Å². The second kappa shape index (κ2) is 7.01. The van der Waals surface area contributed by atoms with Crippen LogP contribution in [0.2, 0.25) is 5.02 Å². The number of sulfonamides is 1. The minimum absolute atomic E-state index is 0.0652. The first-order valence-electron chi connectivity index (χ1n) is 7.49. The third-order valence-electron chi connectivity index (χ3n) is 3.71. The molecule has 1 aromatic heterocycles. The number of anilines is 1. The lowest BCUT2D eigenvalue weighted by molar-refractivity contribution is 0.256. The number of amides is 2. The summed E-state index contributed by atoms with van der Waals surface area (Å²) in [6, 6.07) is 7.03. The molecule has 0 aliphatic rings. The van der Waals surface area contributed by atoms with Crippen LogP contribution in [0.1, 0.15) is 5.56 Å². The number of carbonyl (C=O) groups is 1. The topological polar surface area (TPSA) is 105 Å². The van der Waals surface area contributed by atoms with Gasteiger partial charge in [0.1, 0.15) is 17.7 Å². The van der Waals surface area contributed by atoms with E-state index in [1.165, 1.54) is 31.2 Å². The molecule has 3 rings (SSSR count). The quantitative estimate of drug-likeness (QED) is 0.688. The van der Waals surface area contributed by atoms with Crippen LogP contribution in [-0.4, -0.2) is 14.4 Å². The van der Waals surface area contributed by atoms with Gasteiger partial charge in [0, 0.05) is 16.3 Å². The first-order chi connectivity index (χ1) is 12.7. The normalized spacial score (nSPS) is 11.4. The Morgan fingerprint density at radius 2 is 1.81 bits per heavy atom. The maximum Gasteiger partial charge on any atom is 0.333 e. The molecular weight excluding hydrogens is 399 g/mol. The maximum absolute atomic E-state index is 13.6. The lowest BCUT2D eigenvalue weighted by Crippen LogP contribution is -2.36. The van der Waals surface area contributed by atoms with Crippen LogP contribution in [0.5, 0.6) is 0 Å². The van der Waals surface area contributed by atoms with Gasteiger partial charge in [-0.1, -0.05) is 11.6 Å². The molecule has 0 saturated heterocycles. The lowest BCUT2D eigenvalue weighted by Gasteiger charge is -2.09.